The monoisotopic (exact) mass is 164 g/mol. The highest BCUT2D eigenvalue weighted by Crippen LogP contribution is 2.10. The van der Waals surface area contributed by atoms with E-state index in [1.807, 2.05) is 43.3 Å². The molecule has 1 aromatic carbocycles. The lowest BCUT2D eigenvalue weighted by atomic mass is 10.2. The van der Waals surface area contributed by atoms with Crippen LogP contribution < -0.4 is 4.90 Å². The molecule has 0 unspecified atom stereocenters. The molecule has 0 amide bonds. The Morgan fingerprint density at radius 3 is 2.09 bits per heavy atom. The standard InChI is InChI=1S/C9H10NS/c1-10(2)9-5-3-8(7-11)4-6-9/h3-6H,1-2H3. The third kappa shape index (κ3) is 2.02. The van der Waals surface area contributed by atoms with E-state index in [4.69, 9.17) is 0 Å². The van der Waals surface area contributed by atoms with Crippen LogP contribution in [0.1, 0.15) is 5.56 Å². The van der Waals surface area contributed by atoms with Crippen LogP contribution >= 0.6 is 12.2 Å². The topological polar surface area (TPSA) is 3.24 Å². The van der Waals surface area contributed by atoms with E-state index < -0.39 is 0 Å². The number of nitrogens with zero attached hydrogens (tertiary/aromatic N) is 1. The summed E-state index contributed by atoms with van der Waals surface area (Å²) in [5, 5.41) is 2.66. The van der Waals surface area contributed by atoms with Crippen molar-refractivity contribution >= 4 is 23.3 Å². The predicted molar refractivity (Wildman–Crippen MR) is 52.5 cm³/mol. The lowest BCUT2D eigenvalue weighted by Crippen LogP contribution is -2.07. The van der Waals surface area contributed by atoms with Crippen LogP contribution in [0.2, 0.25) is 0 Å². The molecule has 1 nitrogen and oxygen atoms in total. The minimum Gasteiger partial charge on any atom is -0.378 e. The lowest BCUT2D eigenvalue weighted by molar-refractivity contribution is 1.13. The first-order valence-electron chi connectivity index (χ1n) is 3.39. The first-order chi connectivity index (χ1) is 5.24. The van der Waals surface area contributed by atoms with Crippen molar-refractivity contribution < 1.29 is 0 Å². The molecule has 0 fully saturated rings. The molecule has 1 rings (SSSR count). The summed E-state index contributed by atoms with van der Waals surface area (Å²) in [5.74, 6) is 0. The second-order valence-electron chi connectivity index (χ2n) is 2.54. The van der Waals surface area contributed by atoms with Gasteiger partial charge >= 0.3 is 0 Å². The minimum atomic E-state index is 0.964. The van der Waals surface area contributed by atoms with E-state index in [9.17, 15) is 0 Å². The Labute approximate surface area is 72.6 Å². The highest BCUT2D eigenvalue weighted by atomic mass is 32.1. The highest BCUT2D eigenvalue weighted by Gasteiger charge is 1.92. The predicted octanol–water partition coefficient (Wildman–Crippen LogP) is 1.98. The summed E-state index contributed by atoms with van der Waals surface area (Å²) in [4.78, 5) is 2.05. The fraction of sp³-hybridized carbons (Fsp3) is 0.222. The third-order valence-electron chi connectivity index (χ3n) is 1.50. The van der Waals surface area contributed by atoms with Gasteiger partial charge in [-0.15, -0.1) is 0 Å². The Bertz CT molecular complexity index is 238. The summed E-state index contributed by atoms with van der Waals surface area (Å²) in [6.07, 6.45) is 0. The van der Waals surface area contributed by atoms with Gasteiger partial charge in [0.2, 0.25) is 0 Å². The summed E-state index contributed by atoms with van der Waals surface area (Å²) < 4.78 is 0. The zero-order chi connectivity index (χ0) is 8.27. The molecule has 0 saturated carbocycles. The van der Waals surface area contributed by atoms with Gasteiger partial charge in [0.05, 0.1) is 5.37 Å². The van der Waals surface area contributed by atoms with Crippen LogP contribution in [0, 0.1) is 0 Å². The van der Waals surface area contributed by atoms with Gasteiger partial charge in [-0.25, -0.2) is 0 Å². The van der Waals surface area contributed by atoms with Gasteiger partial charge in [-0.05, 0) is 17.7 Å². The first-order valence-corrected chi connectivity index (χ1v) is 3.80. The Hall–Kier alpha value is -0.890. The molecule has 0 aliphatic rings. The summed E-state index contributed by atoms with van der Waals surface area (Å²) in [6.45, 7) is 0. The van der Waals surface area contributed by atoms with Gasteiger partial charge < -0.3 is 4.90 Å². The fourth-order valence-corrected chi connectivity index (χ4v) is 0.964. The van der Waals surface area contributed by atoms with Gasteiger partial charge in [0.25, 0.3) is 0 Å². The number of thiocarbonyl (C=S) groups is 1. The average Bonchev–Trinajstić information content (AvgIpc) is 2.05. The van der Waals surface area contributed by atoms with Crippen LogP contribution in [0.15, 0.2) is 24.3 Å². The van der Waals surface area contributed by atoms with E-state index in [1.54, 1.807) is 0 Å². The molecular formula is C9H10NS. The van der Waals surface area contributed by atoms with Crippen LogP contribution in [-0.2, 0) is 0 Å². The molecule has 0 N–H and O–H groups in total. The average molecular weight is 164 g/mol. The maximum Gasteiger partial charge on any atom is 0.0636 e. The Kier molecular flexibility index (Phi) is 2.60. The first kappa shape index (κ1) is 8.21. The molecule has 2 heteroatoms. The van der Waals surface area contributed by atoms with E-state index in [0.717, 1.165) is 5.56 Å². The summed E-state index contributed by atoms with van der Waals surface area (Å²) in [6, 6.07) is 7.97. The maximum absolute atomic E-state index is 4.66. The Balaban J connectivity index is 2.91. The smallest absolute Gasteiger partial charge is 0.0636 e. The molecule has 0 bridgehead atoms. The van der Waals surface area contributed by atoms with E-state index in [0.29, 0.717) is 0 Å². The van der Waals surface area contributed by atoms with Gasteiger partial charge in [-0.3, -0.25) is 0 Å². The fourth-order valence-electron chi connectivity index (χ4n) is 0.828. The number of hydrogen-bond donors (Lipinski definition) is 0. The van der Waals surface area contributed by atoms with Crippen LogP contribution in [0.25, 0.3) is 0 Å². The van der Waals surface area contributed by atoms with Crippen molar-refractivity contribution in [3.8, 4) is 0 Å². The largest absolute Gasteiger partial charge is 0.378 e. The Morgan fingerprint density at radius 1 is 1.18 bits per heavy atom. The normalized spacial score (nSPS) is 9.27. The highest BCUT2D eigenvalue weighted by molar-refractivity contribution is 7.79. The zero-order valence-corrected chi connectivity index (χ0v) is 7.48. The second-order valence-corrected chi connectivity index (χ2v) is 2.75. The van der Waals surface area contributed by atoms with Crippen molar-refractivity contribution in [2.75, 3.05) is 19.0 Å². The molecule has 11 heavy (non-hydrogen) atoms. The molecule has 0 heterocycles. The molecule has 1 aromatic rings. The van der Waals surface area contributed by atoms with Crippen molar-refractivity contribution in [2.45, 2.75) is 0 Å². The van der Waals surface area contributed by atoms with E-state index in [1.165, 1.54) is 5.69 Å². The van der Waals surface area contributed by atoms with Crippen molar-refractivity contribution in [1.82, 2.24) is 0 Å². The minimum absolute atomic E-state index is 0.964. The van der Waals surface area contributed by atoms with Gasteiger partial charge in [0.15, 0.2) is 0 Å². The zero-order valence-electron chi connectivity index (χ0n) is 6.66. The summed E-state index contributed by atoms with van der Waals surface area (Å²) in [7, 11) is 4.02. The van der Waals surface area contributed by atoms with Crippen LogP contribution in [0.4, 0.5) is 5.69 Å². The van der Waals surface area contributed by atoms with E-state index in [2.05, 4.69) is 17.6 Å². The molecule has 0 aliphatic carbocycles. The lowest BCUT2D eigenvalue weighted by Gasteiger charge is -2.11. The molecule has 0 atom stereocenters. The second kappa shape index (κ2) is 3.49. The maximum atomic E-state index is 4.66. The van der Waals surface area contributed by atoms with Gasteiger partial charge in [0.1, 0.15) is 0 Å². The molecule has 57 valence electrons. The SMILES string of the molecule is CN(C)c1ccc([C]=S)cc1. The van der Waals surface area contributed by atoms with E-state index in [-0.39, 0.29) is 0 Å². The van der Waals surface area contributed by atoms with Crippen LogP contribution in [-0.4, -0.2) is 19.5 Å². The molecule has 0 saturated heterocycles. The van der Waals surface area contributed by atoms with Gasteiger partial charge in [0, 0.05) is 19.8 Å². The molecule has 0 aliphatic heterocycles. The number of benzene rings is 1. The van der Waals surface area contributed by atoms with Crippen molar-refractivity contribution in [3.05, 3.63) is 29.8 Å². The van der Waals surface area contributed by atoms with Crippen molar-refractivity contribution in [2.24, 2.45) is 0 Å². The van der Waals surface area contributed by atoms with Crippen molar-refractivity contribution in [3.63, 3.8) is 0 Å². The van der Waals surface area contributed by atoms with Gasteiger partial charge in [-0.2, -0.15) is 0 Å². The van der Waals surface area contributed by atoms with Gasteiger partial charge in [-0.1, -0.05) is 24.4 Å². The Morgan fingerprint density at radius 2 is 1.73 bits per heavy atom. The van der Waals surface area contributed by atoms with Crippen molar-refractivity contribution in [1.29, 1.82) is 0 Å². The number of anilines is 1. The van der Waals surface area contributed by atoms with Crippen LogP contribution in [0.3, 0.4) is 0 Å². The number of rotatable bonds is 2. The van der Waals surface area contributed by atoms with Crippen LogP contribution in [0.5, 0.6) is 0 Å². The summed E-state index contributed by atoms with van der Waals surface area (Å²) >= 11 is 4.66. The molecule has 1 radical (unpaired) electrons. The quantitative estimate of drug-likeness (QED) is 0.615. The third-order valence-corrected chi connectivity index (χ3v) is 1.74. The number of hydrogen-bond acceptors (Lipinski definition) is 2. The summed E-state index contributed by atoms with van der Waals surface area (Å²) in [5.41, 5.74) is 2.14. The molecule has 0 aromatic heterocycles. The molecular weight excluding hydrogens is 154 g/mol. The van der Waals surface area contributed by atoms with E-state index >= 15 is 0 Å². The molecule has 0 spiro atoms.